The highest BCUT2D eigenvalue weighted by atomic mass is 16.7. The molecule has 0 unspecified atom stereocenters. The van der Waals surface area contributed by atoms with Gasteiger partial charge in [-0.3, -0.25) is 4.79 Å². The van der Waals surface area contributed by atoms with Crippen molar-refractivity contribution < 1.29 is 43.8 Å². The van der Waals surface area contributed by atoms with Crippen molar-refractivity contribution in [2.75, 3.05) is 19.8 Å². The Kier molecular flexibility index (Phi) is 5.69. The molecular weight excluding hydrogens is 436 g/mol. The molecular formula is C23H22O10. The molecule has 0 radical (unpaired) electrons. The van der Waals surface area contributed by atoms with E-state index in [4.69, 9.17) is 23.4 Å². The highest BCUT2D eigenvalue weighted by Crippen LogP contribution is 2.34. The Morgan fingerprint density at radius 1 is 0.939 bits per heavy atom. The van der Waals surface area contributed by atoms with Crippen LogP contribution in [0.3, 0.4) is 0 Å². The maximum absolute atomic E-state index is 13.1. The van der Waals surface area contributed by atoms with E-state index in [-0.39, 0.29) is 16.8 Å². The highest BCUT2D eigenvalue weighted by molar-refractivity contribution is 5.83. The second-order valence-electron chi connectivity index (χ2n) is 7.81. The van der Waals surface area contributed by atoms with Crippen LogP contribution in [0.4, 0.5) is 0 Å². The Balaban J connectivity index is 1.42. The van der Waals surface area contributed by atoms with Gasteiger partial charge in [0.15, 0.2) is 16.9 Å². The summed E-state index contributed by atoms with van der Waals surface area (Å²) in [6, 6.07) is 9.68. The smallest absolute Gasteiger partial charge is 0.229 e. The van der Waals surface area contributed by atoms with Crippen LogP contribution in [-0.4, -0.2) is 71.0 Å². The molecule has 10 nitrogen and oxygen atoms in total. The van der Waals surface area contributed by atoms with E-state index in [1.807, 2.05) is 0 Å². The van der Waals surface area contributed by atoms with Crippen molar-refractivity contribution in [3.8, 4) is 28.4 Å². The van der Waals surface area contributed by atoms with E-state index in [1.165, 1.54) is 24.5 Å². The van der Waals surface area contributed by atoms with Gasteiger partial charge in [-0.15, -0.1) is 0 Å². The van der Waals surface area contributed by atoms with Crippen LogP contribution in [0.2, 0.25) is 0 Å². The molecule has 0 saturated carbocycles. The third-order valence-corrected chi connectivity index (χ3v) is 5.70. The molecule has 2 aliphatic rings. The summed E-state index contributed by atoms with van der Waals surface area (Å²) < 4.78 is 27.7. The standard InChI is InChI=1S/C23H22O10/c24-9-18-20(26)21(27)22(28)23(33-18)32-12-2-3-13-16(8-12)31-10-14(19(13)25)11-1-4-15-17(7-11)30-6-5-29-15/h1-4,7-8,10,18,20-24,26-28H,5-6,9H2/t18-,20-,21+,22-,23+/m0/s1. The minimum atomic E-state index is -1.56. The summed E-state index contributed by atoms with van der Waals surface area (Å²) in [6.45, 7) is 0.331. The van der Waals surface area contributed by atoms with Crippen molar-refractivity contribution in [2.24, 2.45) is 0 Å². The summed E-state index contributed by atoms with van der Waals surface area (Å²) in [4.78, 5) is 13.1. The quantitative estimate of drug-likeness (QED) is 0.433. The van der Waals surface area contributed by atoms with E-state index in [2.05, 4.69) is 0 Å². The van der Waals surface area contributed by atoms with Crippen LogP contribution in [0, 0.1) is 0 Å². The second-order valence-corrected chi connectivity index (χ2v) is 7.81. The summed E-state index contributed by atoms with van der Waals surface area (Å²) in [5.41, 5.74) is 0.953. The number of aliphatic hydroxyl groups excluding tert-OH is 4. The molecule has 2 aliphatic heterocycles. The van der Waals surface area contributed by atoms with Crippen LogP contribution in [0.1, 0.15) is 0 Å². The van der Waals surface area contributed by atoms with E-state index in [0.717, 1.165) is 0 Å². The van der Waals surface area contributed by atoms with Gasteiger partial charge >= 0.3 is 0 Å². The average Bonchev–Trinajstić information content (AvgIpc) is 2.84. The summed E-state index contributed by atoms with van der Waals surface area (Å²) in [6.07, 6.45) is -5.70. The maximum Gasteiger partial charge on any atom is 0.229 e. The minimum absolute atomic E-state index is 0.196. The molecule has 174 valence electrons. The van der Waals surface area contributed by atoms with Gasteiger partial charge in [-0.1, -0.05) is 6.07 Å². The van der Waals surface area contributed by atoms with Gasteiger partial charge in [-0.05, 0) is 29.8 Å². The summed E-state index contributed by atoms with van der Waals surface area (Å²) >= 11 is 0. The van der Waals surface area contributed by atoms with Crippen molar-refractivity contribution in [3.63, 3.8) is 0 Å². The molecule has 0 spiro atoms. The Bertz CT molecular complexity index is 1220. The van der Waals surface area contributed by atoms with Crippen molar-refractivity contribution in [1.29, 1.82) is 0 Å². The molecule has 3 heterocycles. The Labute approximate surface area is 187 Å². The number of benzene rings is 2. The van der Waals surface area contributed by atoms with Crippen LogP contribution in [0.5, 0.6) is 17.2 Å². The number of fused-ring (bicyclic) bond motifs is 2. The van der Waals surface area contributed by atoms with Crippen LogP contribution in [0.15, 0.2) is 51.9 Å². The molecule has 10 heteroatoms. The predicted molar refractivity (Wildman–Crippen MR) is 113 cm³/mol. The zero-order chi connectivity index (χ0) is 23.1. The van der Waals surface area contributed by atoms with Gasteiger partial charge in [-0.2, -0.15) is 0 Å². The molecule has 0 amide bonds. The molecule has 4 N–H and O–H groups in total. The fourth-order valence-corrected chi connectivity index (χ4v) is 3.89. The van der Waals surface area contributed by atoms with Gasteiger partial charge in [0, 0.05) is 6.07 Å². The van der Waals surface area contributed by atoms with Gasteiger partial charge in [0.1, 0.15) is 55.2 Å². The van der Waals surface area contributed by atoms with Gasteiger partial charge in [-0.25, -0.2) is 0 Å². The first-order valence-corrected chi connectivity index (χ1v) is 10.4. The number of rotatable bonds is 4. The van der Waals surface area contributed by atoms with Gasteiger partial charge in [0.25, 0.3) is 0 Å². The van der Waals surface area contributed by atoms with Gasteiger partial charge in [0.05, 0.1) is 17.6 Å². The lowest BCUT2D eigenvalue weighted by Crippen LogP contribution is -2.60. The normalized spacial score (nSPS) is 26.8. The maximum atomic E-state index is 13.1. The summed E-state index contributed by atoms with van der Waals surface area (Å²) in [5.74, 6) is 1.37. The summed E-state index contributed by atoms with van der Waals surface area (Å²) in [7, 11) is 0. The van der Waals surface area contributed by atoms with Crippen molar-refractivity contribution in [1.82, 2.24) is 0 Å². The predicted octanol–water partition coefficient (Wildman–Crippen LogP) is 0.410. The monoisotopic (exact) mass is 458 g/mol. The molecule has 1 fully saturated rings. The molecule has 5 rings (SSSR count). The average molecular weight is 458 g/mol. The lowest BCUT2D eigenvalue weighted by molar-refractivity contribution is -0.277. The topological polar surface area (TPSA) is 148 Å². The second kappa shape index (κ2) is 8.65. The molecule has 5 atom stereocenters. The van der Waals surface area contributed by atoms with E-state index in [0.29, 0.717) is 41.2 Å². The molecule has 33 heavy (non-hydrogen) atoms. The number of hydrogen-bond donors (Lipinski definition) is 4. The van der Waals surface area contributed by atoms with Crippen LogP contribution >= 0.6 is 0 Å². The lowest BCUT2D eigenvalue weighted by Gasteiger charge is -2.39. The summed E-state index contributed by atoms with van der Waals surface area (Å²) in [5, 5.41) is 39.6. The zero-order valence-electron chi connectivity index (χ0n) is 17.3. The Hall–Kier alpha value is -3.15. The highest BCUT2D eigenvalue weighted by Gasteiger charge is 2.44. The fourth-order valence-electron chi connectivity index (χ4n) is 3.89. The van der Waals surface area contributed by atoms with Crippen molar-refractivity contribution in [3.05, 3.63) is 52.9 Å². The molecule has 3 aromatic rings. The van der Waals surface area contributed by atoms with Gasteiger partial charge in [0.2, 0.25) is 6.29 Å². The molecule has 1 saturated heterocycles. The fraction of sp³-hybridized carbons (Fsp3) is 0.348. The third kappa shape index (κ3) is 3.92. The minimum Gasteiger partial charge on any atom is -0.486 e. The number of aliphatic hydroxyl groups is 4. The first-order valence-electron chi connectivity index (χ1n) is 10.4. The Morgan fingerprint density at radius 3 is 2.52 bits per heavy atom. The molecule has 0 aliphatic carbocycles. The van der Waals surface area contributed by atoms with Crippen molar-refractivity contribution >= 4 is 11.0 Å². The molecule has 0 bridgehead atoms. The zero-order valence-corrected chi connectivity index (χ0v) is 17.3. The SMILES string of the molecule is O=c1c(-c2ccc3c(c2)OCCO3)coc2cc(O[C@@H]3O[C@@H](CO)[C@H](O)[C@@H](O)[C@@H]3O)ccc12. The molecule has 1 aromatic heterocycles. The number of hydrogen-bond acceptors (Lipinski definition) is 10. The Morgan fingerprint density at radius 2 is 1.73 bits per heavy atom. The van der Waals surface area contributed by atoms with Gasteiger partial charge < -0.3 is 43.8 Å². The van der Waals surface area contributed by atoms with E-state index >= 15 is 0 Å². The third-order valence-electron chi connectivity index (χ3n) is 5.70. The first-order chi connectivity index (χ1) is 16.0. The molecule has 2 aromatic carbocycles. The van der Waals surface area contributed by atoms with E-state index in [9.17, 15) is 25.2 Å². The van der Waals surface area contributed by atoms with E-state index in [1.54, 1.807) is 18.2 Å². The van der Waals surface area contributed by atoms with Crippen LogP contribution < -0.4 is 19.6 Å². The number of ether oxygens (including phenoxy) is 4. The lowest BCUT2D eigenvalue weighted by atomic mass is 9.99. The van der Waals surface area contributed by atoms with Crippen LogP contribution in [-0.2, 0) is 4.74 Å². The van der Waals surface area contributed by atoms with Crippen LogP contribution in [0.25, 0.3) is 22.1 Å². The largest absolute Gasteiger partial charge is 0.486 e. The van der Waals surface area contributed by atoms with Crippen molar-refractivity contribution in [2.45, 2.75) is 30.7 Å². The van der Waals surface area contributed by atoms with E-state index < -0.39 is 37.3 Å². The first kappa shape index (κ1) is 21.7.